The topological polar surface area (TPSA) is 116 Å². The highest BCUT2D eigenvalue weighted by molar-refractivity contribution is 7.89. The van der Waals surface area contributed by atoms with E-state index >= 15 is 0 Å². The summed E-state index contributed by atoms with van der Waals surface area (Å²) in [6.45, 7) is 5.46. The third kappa shape index (κ3) is 4.49. The largest absolute Gasteiger partial charge is 0.352 e. The Morgan fingerprint density at radius 3 is 2.41 bits per heavy atom. The van der Waals surface area contributed by atoms with Crippen LogP contribution in [0.25, 0.3) is 0 Å². The summed E-state index contributed by atoms with van der Waals surface area (Å²) in [6.07, 6.45) is 4.18. The van der Waals surface area contributed by atoms with Crippen molar-refractivity contribution in [1.82, 2.24) is 4.72 Å². The second-order valence-corrected chi connectivity index (χ2v) is 7.98. The Balaban J connectivity index is 2.47. The van der Waals surface area contributed by atoms with Gasteiger partial charge in [-0.3, -0.25) is 14.9 Å². The lowest BCUT2D eigenvalue weighted by atomic mass is 9.90. The van der Waals surface area contributed by atoms with Crippen LogP contribution in [-0.4, -0.2) is 31.5 Å². The molecule has 0 saturated carbocycles. The first-order chi connectivity index (χ1) is 12.6. The molecular formula is C18H22N2O6S. The molecule has 0 amide bonds. The van der Waals surface area contributed by atoms with E-state index in [0.29, 0.717) is 17.6 Å². The number of benzene rings is 1. The second kappa shape index (κ2) is 8.12. The Kier molecular flexibility index (Phi) is 6.30. The summed E-state index contributed by atoms with van der Waals surface area (Å²) in [7, 11) is -4.17. The molecule has 0 atom stereocenters. The minimum atomic E-state index is -4.17. The highest BCUT2D eigenvalue weighted by Crippen LogP contribution is 2.33. The molecule has 8 nitrogen and oxygen atoms in total. The molecule has 0 bridgehead atoms. The van der Waals surface area contributed by atoms with E-state index in [0.717, 1.165) is 12.5 Å². The van der Waals surface area contributed by atoms with Crippen LogP contribution in [0, 0.1) is 10.1 Å². The summed E-state index contributed by atoms with van der Waals surface area (Å²) in [6, 6.07) is 4.75. The van der Waals surface area contributed by atoms with Gasteiger partial charge < -0.3 is 4.74 Å². The Morgan fingerprint density at radius 1 is 1.22 bits per heavy atom. The van der Waals surface area contributed by atoms with Crippen molar-refractivity contribution in [2.24, 2.45) is 0 Å². The first-order valence-electron chi connectivity index (χ1n) is 8.46. The van der Waals surface area contributed by atoms with Crippen LogP contribution in [0.5, 0.6) is 0 Å². The fraction of sp³-hybridized carbons (Fsp3) is 0.389. The van der Waals surface area contributed by atoms with Gasteiger partial charge in [0.1, 0.15) is 0 Å². The Bertz CT molecular complexity index is 896. The number of carbonyl (C=O) groups excluding carboxylic acids is 1. The maximum atomic E-state index is 12.9. The summed E-state index contributed by atoms with van der Waals surface area (Å²) < 4.78 is 34.3. The molecule has 1 aromatic carbocycles. The van der Waals surface area contributed by atoms with Gasteiger partial charge in [0.15, 0.2) is 11.5 Å². The SMILES string of the molecule is CCCCOC1(NS(=O)(=O)c2cccc([N+](=O)[O-])c2)C(C)=CC(=O)C=C1C. The molecule has 1 N–H and O–H groups in total. The lowest BCUT2D eigenvalue weighted by molar-refractivity contribution is -0.385. The number of nitro groups is 1. The molecule has 0 aliphatic heterocycles. The maximum Gasteiger partial charge on any atom is 0.270 e. The number of nitrogens with zero attached hydrogens (tertiary/aromatic N) is 1. The molecule has 1 aromatic rings. The van der Waals surface area contributed by atoms with Crippen molar-refractivity contribution in [1.29, 1.82) is 0 Å². The van der Waals surface area contributed by atoms with Crippen molar-refractivity contribution in [3.63, 3.8) is 0 Å². The van der Waals surface area contributed by atoms with Crippen molar-refractivity contribution in [3.8, 4) is 0 Å². The predicted octanol–water partition coefficient (Wildman–Crippen LogP) is 2.86. The van der Waals surface area contributed by atoms with E-state index in [9.17, 15) is 23.3 Å². The van der Waals surface area contributed by atoms with Gasteiger partial charge in [0.25, 0.3) is 5.69 Å². The molecule has 146 valence electrons. The molecule has 0 heterocycles. The molecular weight excluding hydrogens is 372 g/mol. The fourth-order valence-electron chi connectivity index (χ4n) is 2.78. The molecule has 0 radical (unpaired) electrons. The van der Waals surface area contributed by atoms with Crippen LogP contribution >= 0.6 is 0 Å². The van der Waals surface area contributed by atoms with Crippen LogP contribution in [-0.2, 0) is 19.6 Å². The smallest absolute Gasteiger partial charge is 0.270 e. The molecule has 9 heteroatoms. The molecule has 0 unspecified atom stereocenters. The number of carbonyl (C=O) groups is 1. The fourth-order valence-corrected chi connectivity index (χ4v) is 4.19. The van der Waals surface area contributed by atoms with Crippen molar-refractivity contribution >= 4 is 21.5 Å². The molecule has 0 saturated heterocycles. The van der Waals surface area contributed by atoms with Crippen LogP contribution in [0.3, 0.4) is 0 Å². The lowest BCUT2D eigenvalue weighted by Gasteiger charge is -2.38. The third-order valence-electron chi connectivity index (χ3n) is 4.26. The molecule has 1 aliphatic rings. The van der Waals surface area contributed by atoms with E-state index in [1.165, 1.54) is 30.4 Å². The van der Waals surface area contributed by atoms with Crippen molar-refractivity contribution in [2.75, 3.05) is 6.61 Å². The maximum absolute atomic E-state index is 12.9. The number of unbranched alkanes of at least 4 members (excludes halogenated alkanes) is 1. The van der Waals surface area contributed by atoms with Gasteiger partial charge in [0.2, 0.25) is 10.0 Å². The summed E-state index contributed by atoms with van der Waals surface area (Å²) in [5.74, 6) is -0.255. The van der Waals surface area contributed by atoms with Crippen LogP contribution in [0.2, 0.25) is 0 Å². The number of ether oxygens (including phenoxy) is 1. The van der Waals surface area contributed by atoms with Gasteiger partial charge in [-0.25, -0.2) is 8.42 Å². The number of non-ortho nitro benzene ring substituents is 1. The van der Waals surface area contributed by atoms with Gasteiger partial charge in [-0.1, -0.05) is 19.4 Å². The normalized spacial score (nSPS) is 16.6. The quantitative estimate of drug-likeness (QED) is 0.314. The number of hydrogen-bond acceptors (Lipinski definition) is 6. The van der Waals surface area contributed by atoms with E-state index in [1.807, 2.05) is 6.92 Å². The standard InChI is InChI=1S/C18H22N2O6S/c1-4-5-9-26-18(13(2)10-16(21)11-14(18)3)19-27(24,25)17-8-6-7-15(12-17)20(22)23/h6-8,10-12,19H,4-5,9H2,1-3H3. The van der Waals surface area contributed by atoms with Crippen LogP contribution in [0.1, 0.15) is 33.6 Å². The molecule has 27 heavy (non-hydrogen) atoms. The molecule has 1 aliphatic carbocycles. The predicted molar refractivity (Wildman–Crippen MR) is 99.5 cm³/mol. The summed E-state index contributed by atoms with van der Waals surface area (Å²) in [5, 5.41) is 11.0. The number of nitrogens with one attached hydrogen (secondary N) is 1. The van der Waals surface area contributed by atoms with Gasteiger partial charge in [-0.15, -0.1) is 0 Å². The molecule has 0 aromatic heterocycles. The molecule has 2 rings (SSSR count). The summed E-state index contributed by atoms with van der Waals surface area (Å²) in [5.41, 5.74) is -1.04. The highest BCUT2D eigenvalue weighted by atomic mass is 32.2. The zero-order valence-corrected chi connectivity index (χ0v) is 16.2. The van der Waals surface area contributed by atoms with Crippen LogP contribution < -0.4 is 4.72 Å². The van der Waals surface area contributed by atoms with Gasteiger partial charge in [0.05, 0.1) is 9.82 Å². The van der Waals surface area contributed by atoms with Crippen molar-refractivity contribution in [2.45, 2.75) is 44.2 Å². The van der Waals surface area contributed by atoms with Crippen molar-refractivity contribution < 1.29 is 22.9 Å². The number of rotatable bonds is 8. The number of ketones is 1. The number of allylic oxidation sites excluding steroid dienone is 2. The first kappa shape index (κ1) is 20.9. The van der Waals surface area contributed by atoms with Gasteiger partial charge in [-0.05, 0) is 49.6 Å². The van der Waals surface area contributed by atoms with Gasteiger partial charge in [-0.2, -0.15) is 4.72 Å². The average Bonchev–Trinajstić information content (AvgIpc) is 2.59. The summed E-state index contributed by atoms with van der Waals surface area (Å²) >= 11 is 0. The number of hydrogen-bond donors (Lipinski definition) is 1. The third-order valence-corrected chi connectivity index (χ3v) is 5.69. The zero-order chi connectivity index (χ0) is 20.2. The van der Waals surface area contributed by atoms with E-state index < -0.39 is 20.7 Å². The van der Waals surface area contributed by atoms with Crippen LogP contribution in [0.15, 0.2) is 52.5 Å². The highest BCUT2D eigenvalue weighted by Gasteiger charge is 2.42. The number of nitro benzene ring substituents is 1. The lowest BCUT2D eigenvalue weighted by Crippen LogP contribution is -2.53. The van der Waals surface area contributed by atoms with E-state index in [2.05, 4.69) is 4.72 Å². The molecule has 0 fully saturated rings. The van der Waals surface area contributed by atoms with E-state index in [-0.39, 0.29) is 23.0 Å². The number of sulfonamides is 1. The van der Waals surface area contributed by atoms with Gasteiger partial charge >= 0.3 is 0 Å². The Labute approximate surface area is 158 Å². The van der Waals surface area contributed by atoms with E-state index in [4.69, 9.17) is 4.74 Å². The van der Waals surface area contributed by atoms with Crippen molar-refractivity contribution in [3.05, 3.63) is 57.7 Å². The monoisotopic (exact) mass is 394 g/mol. The Hall–Kier alpha value is -2.36. The minimum absolute atomic E-state index is 0.255. The zero-order valence-electron chi connectivity index (χ0n) is 15.4. The Morgan fingerprint density at radius 2 is 1.85 bits per heavy atom. The minimum Gasteiger partial charge on any atom is -0.352 e. The van der Waals surface area contributed by atoms with Gasteiger partial charge in [0, 0.05) is 18.7 Å². The first-order valence-corrected chi connectivity index (χ1v) is 9.94. The summed E-state index contributed by atoms with van der Waals surface area (Å²) in [4.78, 5) is 21.8. The van der Waals surface area contributed by atoms with Crippen LogP contribution in [0.4, 0.5) is 5.69 Å². The second-order valence-electron chi connectivity index (χ2n) is 6.30. The molecule has 0 spiro atoms. The average molecular weight is 394 g/mol. The van der Waals surface area contributed by atoms with E-state index in [1.54, 1.807) is 13.8 Å².